The Balaban J connectivity index is 3.91. The van der Waals surface area contributed by atoms with E-state index >= 15 is 0 Å². The number of amides is 1. The van der Waals surface area contributed by atoms with Crippen molar-refractivity contribution in [2.24, 2.45) is 0 Å². The maximum atomic E-state index is 11.8. The Morgan fingerprint density at radius 1 is 0.905 bits per heavy atom. The fourth-order valence-corrected chi connectivity index (χ4v) is 1.75. The molecule has 0 aromatic rings. The van der Waals surface area contributed by atoms with Crippen LogP contribution in [0.25, 0.3) is 0 Å². The first-order valence-electron chi connectivity index (χ1n) is 8.10. The van der Waals surface area contributed by atoms with Gasteiger partial charge in [-0.05, 0) is 19.8 Å². The van der Waals surface area contributed by atoms with Gasteiger partial charge in [-0.3, -0.25) is 4.90 Å². The van der Waals surface area contributed by atoms with Crippen LogP contribution < -0.4 is 0 Å². The van der Waals surface area contributed by atoms with Gasteiger partial charge in [0.15, 0.2) is 0 Å². The van der Waals surface area contributed by atoms with Gasteiger partial charge in [-0.2, -0.15) is 0 Å². The number of likely N-dealkylation sites (N-methyl/N-ethyl adjacent to an activating group) is 1. The lowest BCUT2D eigenvalue weighted by Gasteiger charge is -2.22. The minimum Gasteiger partial charge on any atom is -0.464 e. The van der Waals surface area contributed by atoms with Crippen molar-refractivity contribution in [2.45, 2.75) is 71.8 Å². The first-order chi connectivity index (χ1) is 10.0. The Bertz CT molecular complexity index is 294. The van der Waals surface area contributed by atoms with Crippen LogP contribution in [0.5, 0.6) is 0 Å². The molecule has 0 N–H and O–H groups in total. The second-order valence-corrected chi connectivity index (χ2v) is 5.34. The molecule has 0 aromatic carbocycles. The predicted molar refractivity (Wildman–Crippen MR) is 83.2 cm³/mol. The predicted octanol–water partition coefficient (Wildman–Crippen LogP) is 3.76. The summed E-state index contributed by atoms with van der Waals surface area (Å²) in [5, 5.41) is 0. The quantitative estimate of drug-likeness (QED) is 0.431. The number of ether oxygens (including phenoxy) is 2. The Hall–Kier alpha value is -1.26. The summed E-state index contributed by atoms with van der Waals surface area (Å²) in [6.07, 6.45) is 6.73. The van der Waals surface area contributed by atoms with Crippen LogP contribution in [0.2, 0.25) is 0 Å². The molecule has 5 heteroatoms. The number of esters is 1. The van der Waals surface area contributed by atoms with E-state index in [4.69, 9.17) is 9.47 Å². The fourth-order valence-electron chi connectivity index (χ4n) is 1.75. The molecule has 0 aromatic heterocycles. The third-order valence-corrected chi connectivity index (χ3v) is 3.43. The van der Waals surface area contributed by atoms with Crippen molar-refractivity contribution in [1.82, 2.24) is 4.90 Å². The first-order valence-corrected chi connectivity index (χ1v) is 8.10. The van der Waals surface area contributed by atoms with Crippen molar-refractivity contribution in [2.75, 3.05) is 20.3 Å². The summed E-state index contributed by atoms with van der Waals surface area (Å²) in [6, 6.07) is -0.616. The molecule has 21 heavy (non-hydrogen) atoms. The lowest BCUT2D eigenvalue weighted by atomic mass is 10.2. The van der Waals surface area contributed by atoms with E-state index in [1.54, 1.807) is 14.0 Å². The number of hydrogen-bond donors (Lipinski definition) is 0. The Morgan fingerprint density at radius 2 is 1.43 bits per heavy atom. The standard InChI is InChI=1S/C16H31NO4/c1-5-7-9-11-13-21-16(19)17(4)14(3)15(18)20-12-10-8-6-2/h14H,5-13H2,1-4H3. The second kappa shape index (κ2) is 12.5. The summed E-state index contributed by atoms with van der Waals surface area (Å²) in [5.74, 6) is -0.378. The average Bonchev–Trinajstić information content (AvgIpc) is 2.49. The zero-order chi connectivity index (χ0) is 16.1. The zero-order valence-corrected chi connectivity index (χ0v) is 14.0. The molecular formula is C16H31NO4. The molecule has 5 nitrogen and oxygen atoms in total. The minimum atomic E-state index is -0.616. The summed E-state index contributed by atoms with van der Waals surface area (Å²) in [4.78, 5) is 24.9. The van der Waals surface area contributed by atoms with E-state index in [2.05, 4.69) is 13.8 Å². The molecule has 0 bridgehead atoms. The number of hydrogen-bond acceptors (Lipinski definition) is 4. The van der Waals surface area contributed by atoms with E-state index in [-0.39, 0.29) is 5.97 Å². The van der Waals surface area contributed by atoms with Gasteiger partial charge in [0, 0.05) is 7.05 Å². The van der Waals surface area contributed by atoms with Crippen molar-refractivity contribution in [1.29, 1.82) is 0 Å². The lowest BCUT2D eigenvalue weighted by Crippen LogP contribution is -2.41. The Kier molecular flexibility index (Phi) is 11.7. The van der Waals surface area contributed by atoms with Gasteiger partial charge in [0.1, 0.15) is 6.04 Å². The van der Waals surface area contributed by atoms with Gasteiger partial charge in [-0.1, -0.05) is 46.0 Å². The summed E-state index contributed by atoms with van der Waals surface area (Å²) in [7, 11) is 1.56. The largest absolute Gasteiger partial charge is 0.464 e. The average molecular weight is 301 g/mol. The van der Waals surface area contributed by atoms with Crippen molar-refractivity contribution < 1.29 is 19.1 Å². The van der Waals surface area contributed by atoms with E-state index in [9.17, 15) is 9.59 Å². The topological polar surface area (TPSA) is 55.8 Å². The summed E-state index contributed by atoms with van der Waals surface area (Å²) >= 11 is 0. The highest BCUT2D eigenvalue weighted by atomic mass is 16.6. The fraction of sp³-hybridized carbons (Fsp3) is 0.875. The number of unbranched alkanes of at least 4 members (excludes halogenated alkanes) is 5. The molecule has 0 aliphatic heterocycles. The highest BCUT2D eigenvalue weighted by Crippen LogP contribution is 2.05. The molecular weight excluding hydrogens is 270 g/mol. The smallest absolute Gasteiger partial charge is 0.410 e. The SMILES string of the molecule is CCCCCCOC(=O)N(C)C(C)C(=O)OCCCCC. The zero-order valence-electron chi connectivity index (χ0n) is 14.0. The lowest BCUT2D eigenvalue weighted by molar-refractivity contribution is -0.148. The molecule has 1 unspecified atom stereocenters. The highest BCUT2D eigenvalue weighted by Gasteiger charge is 2.24. The van der Waals surface area contributed by atoms with Crippen LogP contribution in [0.4, 0.5) is 4.79 Å². The second-order valence-electron chi connectivity index (χ2n) is 5.34. The van der Waals surface area contributed by atoms with E-state index < -0.39 is 12.1 Å². The van der Waals surface area contributed by atoms with Crippen molar-refractivity contribution >= 4 is 12.1 Å². The Morgan fingerprint density at radius 3 is 2.05 bits per heavy atom. The van der Waals surface area contributed by atoms with Gasteiger partial charge in [-0.15, -0.1) is 0 Å². The molecule has 1 atom stereocenters. The molecule has 0 spiro atoms. The molecule has 0 saturated heterocycles. The third kappa shape index (κ3) is 9.32. The molecule has 0 rings (SSSR count). The normalized spacial score (nSPS) is 11.8. The maximum Gasteiger partial charge on any atom is 0.410 e. The van der Waals surface area contributed by atoms with Crippen LogP contribution >= 0.6 is 0 Å². The summed E-state index contributed by atoms with van der Waals surface area (Å²) < 4.78 is 10.3. The van der Waals surface area contributed by atoms with Crippen LogP contribution in [-0.2, 0) is 14.3 Å². The molecule has 0 heterocycles. The van der Waals surface area contributed by atoms with Gasteiger partial charge < -0.3 is 9.47 Å². The van der Waals surface area contributed by atoms with Gasteiger partial charge >= 0.3 is 12.1 Å². The van der Waals surface area contributed by atoms with Crippen LogP contribution in [0.15, 0.2) is 0 Å². The highest BCUT2D eigenvalue weighted by molar-refractivity contribution is 5.80. The van der Waals surface area contributed by atoms with Crippen LogP contribution in [0.3, 0.4) is 0 Å². The number of carbonyl (C=O) groups excluding carboxylic acids is 2. The van der Waals surface area contributed by atoms with E-state index in [0.717, 1.165) is 44.9 Å². The molecule has 124 valence electrons. The number of carbonyl (C=O) groups is 2. The maximum absolute atomic E-state index is 11.8. The van der Waals surface area contributed by atoms with Gasteiger partial charge in [0.25, 0.3) is 0 Å². The minimum absolute atomic E-state index is 0.378. The number of nitrogens with zero attached hydrogens (tertiary/aromatic N) is 1. The van der Waals surface area contributed by atoms with E-state index in [0.29, 0.717) is 13.2 Å². The molecule has 0 fully saturated rings. The van der Waals surface area contributed by atoms with Gasteiger partial charge in [0.2, 0.25) is 0 Å². The van der Waals surface area contributed by atoms with Gasteiger partial charge in [0.05, 0.1) is 13.2 Å². The molecule has 0 radical (unpaired) electrons. The monoisotopic (exact) mass is 301 g/mol. The molecule has 0 aliphatic carbocycles. The third-order valence-electron chi connectivity index (χ3n) is 3.43. The molecule has 1 amide bonds. The van der Waals surface area contributed by atoms with Crippen LogP contribution in [0, 0.1) is 0 Å². The van der Waals surface area contributed by atoms with Gasteiger partial charge in [-0.25, -0.2) is 9.59 Å². The summed E-state index contributed by atoms with van der Waals surface area (Å²) in [5.41, 5.74) is 0. The van der Waals surface area contributed by atoms with Crippen molar-refractivity contribution in [3.8, 4) is 0 Å². The van der Waals surface area contributed by atoms with Crippen molar-refractivity contribution in [3.63, 3.8) is 0 Å². The van der Waals surface area contributed by atoms with Crippen LogP contribution in [0.1, 0.15) is 65.7 Å². The van der Waals surface area contributed by atoms with Crippen LogP contribution in [-0.4, -0.2) is 43.3 Å². The van der Waals surface area contributed by atoms with E-state index in [1.807, 2.05) is 0 Å². The molecule has 0 saturated carbocycles. The molecule has 0 aliphatic rings. The Labute approximate surface area is 129 Å². The van der Waals surface area contributed by atoms with Crippen molar-refractivity contribution in [3.05, 3.63) is 0 Å². The number of rotatable bonds is 11. The van der Waals surface area contributed by atoms with E-state index in [1.165, 1.54) is 4.90 Å². The first kappa shape index (κ1) is 19.7. The summed E-state index contributed by atoms with van der Waals surface area (Å²) in [6.45, 7) is 6.70.